The number of aromatic nitrogens is 11. The largest absolute Gasteiger partial charge is 0.418 e. The van der Waals surface area contributed by atoms with Gasteiger partial charge in [-0.2, -0.15) is 28.1 Å². The van der Waals surface area contributed by atoms with E-state index >= 15 is 4.39 Å². The first-order valence-corrected chi connectivity index (χ1v) is 42.4. The number of fused-ring (bicyclic) bond motifs is 3. The highest BCUT2D eigenvalue weighted by Crippen LogP contribution is 2.41. The van der Waals surface area contributed by atoms with Gasteiger partial charge in [0.15, 0.2) is 0 Å². The number of likely N-dealkylation sites (tertiary alicyclic amines) is 1. The lowest BCUT2D eigenvalue weighted by atomic mass is 9.98. The summed E-state index contributed by atoms with van der Waals surface area (Å²) in [5, 5.41) is 21.7. The molecule has 0 bridgehead atoms. The Kier molecular flexibility index (Phi) is 23.6. The third kappa shape index (κ3) is 17.8. The first kappa shape index (κ1) is 81.1. The Morgan fingerprint density at radius 3 is 1.80 bits per heavy atom. The summed E-state index contributed by atoms with van der Waals surface area (Å²) in [4.78, 5) is 89.2. The number of alkyl halides is 3. The van der Waals surface area contributed by atoms with E-state index in [2.05, 4.69) is 128 Å². The second-order valence-electron chi connectivity index (χ2n) is 32.2. The Morgan fingerprint density at radius 1 is 0.579 bits per heavy atom. The summed E-state index contributed by atoms with van der Waals surface area (Å²) in [6.07, 6.45) is 14.9. The van der Waals surface area contributed by atoms with Crippen LogP contribution in [-0.4, -0.2) is 143 Å². The summed E-state index contributed by atoms with van der Waals surface area (Å²) in [6.45, 7) is 18.0. The number of benzene rings is 5. The van der Waals surface area contributed by atoms with E-state index in [0.29, 0.717) is 125 Å². The van der Waals surface area contributed by atoms with E-state index in [0.717, 1.165) is 114 Å². The van der Waals surface area contributed by atoms with Gasteiger partial charge >= 0.3 is 6.18 Å². The van der Waals surface area contributed by atoms with Crippen LogP contribution in [0, 0.1) is 11.7 Å². The van der Waals surface area contributed by atoms with Crippen molar-refractivity contribution >= 4 is 103 Å². The highest BCUT2D eigenvalue weighted by Gasteiger charge is 2.36. The molecule has 5 fully saturated rings. The molecule has 19 rings (SSSR count). The molecule has 0 amide bonds. The van der Waals surface area contributed by atoms with Crippen LogP contribution in [0.25, 0.3) is 82.7 Å². The van der Waals surface area contributed by atoms with Crippen molar-refractivity contribution in [1.29, 1.82) is 0 Å². The summed E-state index contributed by atoms with van der Waals surface area (Å²) in [5.74, 6) is 1.69. The van der Waals surface area contributed by atoms with Crippen molar-refractivity contribution in [3.63, 3.8) is 0 Å². The minimum atomic E-state index is -4.53. The Balaban J connectivity index is 0.000000129. The zero-order chi connectivity index (χ0) is 83.6. The molecule has 2 unspecified atom stereocenters. The lowest BCUT2D eigenvalue weighted by Gasteiger charge is -2.37. The van der Waals surface area contributed by atoms with Gasteiger partial charge < -0.3 is 41.7 Å². The number of halogens is 4. The summed E-state index contributed by atoms with van der Waals surface area (Å²) < 4.78 is 62.4. The number of rotatable bonds is 19. The maximum atomic E-state index is 15.2. The highest BCUT2D eigenvalue weighted by atomic mass is 32.1. The Labute approximate surface area is 701 Å². The van der Waals surface area contributed by atoms with Gasteiger partial charge in [-0.25, -0.2) is 19.3 Å². The number of hydrogen-bond donors (Lipinski definition) is 6. The molecule has 0 radical (unpaired) electrons. The van der Waals surface area contributed by atoms with Gasteiger partial charge in [-0.3, -0.25) is 47.9 Å². The molecule has 8 aromatic heterocycles. The van der Waals surface area contributed by atoms with Crippen LogP contribution in [0.5, 0.6) is 0 Å². The second-order valence-corrected chi connectivity index (χ2v) is 33.1. The predicted octanol–water partition coefficient (Wildman–Crippen LogP) is 16.5. The van der Waals surface area contributed by atoms with Crippen LogP contribution < -0.4 is 58.4 Å². The monoisotopic (exact) mass is 1650 g/mol. The Hall–Kier alpha value is -12.3. The van der Waals surface area contributed by atoms with Gasteiger partial charge in [-0.15, -0.1) is 11.3 Å². The molecule has 6 N–H and O–H groups in total. The fraction of sp³-hybridized carbons (Fsp3) is 0.326. The molecule has 0 spiro atoms. The van der Waals surface area contributed by atoms with E-state index in [1.54, 1.807) is 50.1 Å². The lowest BCUT2D eigenvalue weighted by Crippen LogP contribution is -2.54. The van der Waals surface area contributed by atoms with Crippen molar-refractivity contribution in [2.24, 2.45) is 10.9 Å². The molecule has 13 aromatic rings. The molecule has 4 saturated heterocycles. The van der Waals surface area contributed by atoms with E-state index < -0.39 is 11.7 Å². The summed E-state index contributed by atoms with van der Waals surface area (Å²) in [7, 11) is 2.16. The fourth-order valence-corrected chi connectivity index (χ4v) is 17.7. The third-order valence-corrected chi connectivity index (χ3v) is 24.0. The van der Waals surface area contributed by atoms with Crippen LogP contribution in [-0.2, 0) is 19.3 Å². The van der Waals surface area contributed by atoms with Gasteiger partial charge in [-0.05, 0) is 199 Å². The number of nitrogens with one attached hydrogen (secondary N) is 6. The molecule has 6 aliphatic rings. The average molecular weight is 1650 g/mol. The van der Waals surface area contributed by atoms with Crippen LogP contribution >= 0.6 is 11.3 Å². The molecule has 5 aliphatic heterocycles. The van der Waals surface area contributed by atoms with E-state index in [-0.39, 0.29) is 57.9 Å². The number of piperazine rings is 2. The van der Waals surface area contributed by atoms with E-state index in [1.165, 1.54) is 47.4 Å². The van der Waals surface area contributed by atoms with Gasteiger partial charge in [0.05, 0.1) is 38.6 Å². The molecule has 5 aromatic carbocycles. The van der Waals surface area contributed by atoms with Crippen molar-refractivity contribution < 1.29 is 17.6 Å². The minimum Gasteiger partial charge on any atom is -0.368 e. The first-order valence-electron chi connectivity index (χ1n) is 41.5. The summed E-state index contributed by atoms with van der Waals surface area (Å²) in [5.41, 5.74) is 14.1. The Morgan fingerprint density at radius 2 is 1.20 bits per heavy atom. The summed E-state index contributed by atoms with van der Waals surface area (Å²) >= 11 is 1.53. The van der Waals surface area contributed by atoms with Gasteiger partial charge in [-0.1, -0.05) is 72.8 Å². The SMILES string of the molecule is CC(C)n1c(=O)c(-c2ccc(C3=CCC=N3)cc2)cc2cnc(Nc3ccc(N4CCNCC4)c(C(F)(F)F)c3)nc21.CCn1c(=O)c(-c2ccccc2-c2cncs2)cc2cnc(Nc3ccc(N4C[C@@H](C)N[C@@H](C)C4)c(F)c3)nc21.CN1CCCC1c1ccc(-c2cc3cnc(Nc4ccc(C5CCNC5)cc4)nc3n(CC3CC3)c2=O)nc1. The van der Waals surface area contributed by atoms with Gasteiger partial charge in [0, 0.05) is 182 Å². The number of allylic oxidation sites excluding steroid dienone is 1. The van der Waals surface area contributed by atoms with Crippen LogP contribution in [0.3, 0.4) is 0 Å². The molecule has 1 aliphatic carbocycles. The van der Waals surface area contributed by atoms with Crippen LogP contribution in [0.15, 0.2) is 201 Å². The molecule has 24 nitrogen and oxygen atoms in total. The molecule has 1 saturated carbocycles. The predicted molar refractivity (Wildman–Crippen MR) is 475 cm³/mol. The van der Waals surface area contributed by atoms with Gasteiger partial charge in [0.1, 0.15) is 22.8 Å². The van der Waals surface area contributed by atoms with Crippen LogP contribution in [0.1, 0.15) is 113 Å². The van der Waals surface area contributed by atoms with Crippen molar-refractivity contribution in [3.8, 4) is 44.0 Å². The number of aliphatic imine (C=N–C) groups is 1. The van der Waals surface area contributed by atoms with Crippen LogP contribution in [0.2, 0.25) is 0 Å². The quantitative estimate of drug-likeness (QED) is 0.0411. The van der Waals surface area contributed by atoms with Crippen molar-refractivity contribution in [1.82, 2.24) is 74.4 Å². The number of anilines is 8. The average Bonchev–Trinajstić information content (AvgIpc) is 1.11. The number of aryl methyl sites for hydroxylation is 1. The smallest absolute Gasteiger partial charge is 0.368 e. The van der Waals surface area contributed by atoms with E-state index in [9.17, 15) is 27.6 Å². The number of pyridine rings is 4. The molecular weight excluding hydrogens is 1560 g/mol. The first-order chi connectivity index (χ1) is 58.7. The number of hydrogen-bond acceptors (Lipinski definition) is 22. The number of nitrogens with zero attached hydrogens (tertiary/aromatic N) is 15. The maximum absolute atomic E-state index is 15.2. The van der Waals surface area contributed by atoms with E-state index in [1.807, 2.05) is 129 Å². The molecule has 121 heavy (non-hydrogen) atoms. The second kappa shape index (κ2) is 35.2. The summed E-state index contributed by atoms with van der Waals surface area (Å²) in [6, 6.07) is 43.7. The molecular formula is C92H95F4N21O3S. The fourth-order valence-electron chi connectivity index (χ4n) is 17.0. The number of thiazole rings is 1. The van der Waals surface area contributed by atoms with Gasteiger partial charge in [0.2, 0.25) is 17.8 Å². The standard InChI is InChI=1S/C31H30F3N7O.C31H35N7O.C30H30FN7OS/c1-19(2)41-28-22(16-24(29(41)42)20-5-7-21(8-6-20)26-4-3-11-36-26)18-37-30(39-28)38-23-9-10-27(25(17-23)31(32,33)34)40-14-12-35-13-15-40;1-37-14-2-3-28(37)23-8-11-27(33-17-23)26-15-24-18-34-31(36-29(24)38(30(26)39)19-20-4-5-20)35-25-9-6-21(7-10-25)22-12-13-32-16-22;1-4-38-28-20(11-24(29(38)39)22-7-5-6-8-23(22)27-14-32-17-40-27)13-33-30(36-28)35-21-9-10-26(25(31)12-21)37-15-18(2)34-19(3)16-37/h4-11,16-19,35H,3,12-15H2,1-2H3,(H,37,38,39);6-11,15,17-18,20,22,28,32H,2-5,12-14,16,19H2,1H3,(H,34,35,36);5-14,17-19,34H,4,15-16H2,1-3H3,(H,33,35,36)/t;;18-,19+. The highest BCUT2D eigenvalue weighted by molar-refractivity contribution is 7.13. The van der Waals surface area contributed by atoms with E-state index in [4.69, 9.17) is 9.97 Å². The van der Waals surface area contributed by atoms with Crippen molar-refractivity contribution in [3.05, 3.63) is 241 Å². The molecule has 620 valence electrons. The maximum Gasteiger partial charge on any atom is 0.418 e. The topological polar surface area (TPSA) is 263 Å². The molecule has 13 heterocycles. The third-order valence-electron chi connectivity index (χ3n) is 23.2. The molecule has 29 heteroatoms. The van der Waals surface area contributed by atoms with Crippen molar-refractivity contribution in [2.45, 2.75) is 122 Å². The normalized spacial score (nSPS) is 18.1. The lowest BCUT2D eigenvalue weighted by molar-refractivity contribution is -0.137. The zero-order valence-corrected chi connectivity index (χ0v) is 69.1. The van der Waals surface area contributed by atoms with Gasteiger partial charge in [0.25, 0.3) is 16.7 Å². The van der Waals surface area contributed by atoms with Crippen molar-refractivity contribution in [2.75, 3.05) is 91.7 Å². The van der Waals surface area contributed by atoms with Crippen LogP contribution in [0.4, 0.5) is 63.8 Å². The minimum absolute atomic E-state index is 0.0354. The zero-order valence-electron chi connectivity index (χ0n) is 68.2. The Bertz CT molecular complexity index is 6210. The molecule has 4 atom stereocenters.